The molecule has 118 valence electrons. The molecule has 1 aliphatic heterocycles. The highest BCUT2D eigenvalue weighted by Gasteiger charge is 2.26. The maximum absolute atomic E-state index is 12.2. The van der Waals surface area contributed by atoms with Crippen LogP contribution in [0.3, 0.4) is 0 Å². The highest BCUT2D eigenvalue weighted by molar-refractivity contribution is 5.95. The van der Waals surface area contributed by atoms with Crippen LogP contribution in [-0.2, 0) is 9.47 Å². The van der Waals surface area contributed by atoms with E-state index in [2.05, 4.69) is 7.05 Å². The van der Waals surface area contributed by atoms with Gasteiger partial charge in [0.1, 0.15) is 31.8 Å². The van der Waals surface area contributed by atoms with Crippen LogP contribution in [0.5, 0.6) is 0 Å². The number of hydrogen-bond acceptors (Lipinski definition) is 4. The minimum atomic E-state index is -0.381. The maximum atomic E-state index is 12.2. The van der Waals surface area contributed by atoms with Crippen molar-refractivity contribution in [1.82, 2.24) is 0 Å². The fourth-order valence-corrected chi connectivity index (χ4v) is 2.80. The Morgan fingerprint density at radius 3 is 2.73 bits per heavy atom. The third kappa shape index (κ3) is 3.00. The van der Waals surface area contributed by atoms with Crippen LogP contribution in [0.1, 0.15) is 16.1 Å². The normalized spacial score (nSPS) is 17.5. The Morgan fingerprint density at radius 1 is 1.27 bits per heavy atom. The molecule has 0 saturated carbocycles. The predicted molar refractivity (Wildman–Crippen MR) is 82.8 cm³/mol. The number of likely N-dealkylation sites (N-methyl/N-ethyl adjacent to an activating group) is 1. The zero-order valence-corrected chi connectivity index (χ0v) is 13.1. The van der Waals surface area contributed by atoms with Crippen molar-refractivity contribution in [2.24, 2.45) is 0 Å². The molecule has 1 aromatic carbocycles. The topological polar surface area (TPSA) is 48.7 Å². The molecule has 1 fully saturated rings. The quantitative estimate of drug-likeness (QED) is 0.643. The fraction of sp³-hybridized carbons (Fsp3) is 0.471. The number of quaternary nitrogens is 1. The SMILES string of the molecule is Cc1c(C(=O)OCC[N+]2(C)CCOCC2)oc2ccccc12. The van der Waals surface area contributed by atoms with E-state index in [0.29, 0.717) is 12.4 Å². The molecule has 0 aliphatic carbocycles. The predicted octanol–water partition coefficient (Wildman–Crippen LogP) is 2.37. The van der Waals surface area contributed by atoms with Gasteiger partial charge in [-0.3, -0.25) is 0 Å². The molecule has 1 saturated heterocycles. The summed E-state index contributed by atoms with van der Waals surface area (Å²) in [6.07, 6.45) is 0. The first kappa shape index (κ1) is 15.1. The molecule has 5 nitrogen and oxygen atoms in total. The van der Waals surface area contributed by atoms with E-state index in [4.69, 9.17) is 13.9 Å². The van der Waals surface area contributed by atoms with Gasteiger partial charge in [-0.25, -0.2) is 4.79 Å². The fourth-order valence-electron chi connectivity index (χ4n) is 2.80. The van der Waals surface area contributed by atoms with Crippen LogP contribution >= 0.6 is 0 Å². The molecule has 22 heavy (non-hydrogen) atoms. The van der Waals surface area contributed by atoms with Crippen LogP contribution in [0.2, 0.25) is 0 Å². The number of morpholine rings is 1. The summed E-state index contributed by atoms with van der Waals surface area (Å²) in [4.78, 5) is 12.2. The number of carbonyl (C=O) groups excluding carboxylic acids is 1. The summed E-state index contributed by atoms with van der Waals surface area (Å²) in [7, 11) is 2.17. The first-order valence-corrected chi connectivity index (χ1v) is 7.66. The molecule has 0 amide bonds. The van der Waals surface area contributed by atoms with Gasteiger partial charge in [-0.1, -0.05) is 18.2 Å². The molecular formula is C17H22NO4+. The lowest BCUT2D eigenvalue weighted by Gasteiger charge is -2.37. The smallest absolute Gasteiger partial charge is 0.374 e. The van der Waals surface area contributed by atoms with Crippen molar-refractivity contribution in [2.75, 3.05) is 46.5 Å². The van der Waals surface area contributed by atoms with Gasteiger partial charge < -0.3 is 18.4 Å². The monoisotopic (exact) mass is 304 g/mol. The number of nitrogens with zero attached hydrogens (tertiary/aromatic N) is 1. The van der Waals surface area contributed by atoms with Gasteiger partial charge in [-0.05, 0) is 13.0 Å². The average molecular weight is 304 g/mol. The number of para-hydroxylation sites is 1. The van der Waals surface area contributed by atoms with E-state index >= 15 is 0 Å². The number of rotatable bonds is 4. The standard InChI is InChI=1S/C17H22NO4/c1-13-14-5-3-4-6-15(14)22-16(13)17(19)21-12-9-18(2)7-10-20-11-8-18/h3-6H,7-12H2,1-2H3/q+1. The second-order valence-electron chi connectivity index (χ2n) is 6.09. The van der Waals surface area contributed by atoms with E-state index < -0.39 is 0 Å². The van der Waals surface area contributed by atoms with Crippen molar-refractivity contribution in [2.45, 2.75) is 6.92 Å². The first-order chi connectivity index (χ1) is 10.6. The number of hydrogen-bond donors (Lipinski definition) is 0. The van der Waals surface area contributed by atoms with Crippen LogP contribution in [0.25, 0.3) is 11.0 Å². The number of esters is 1. The molecule has 0 bridgehead atoms. The van der Waals surface area contributed by atoms with Crippen LogP contribution in [0.15, 0.2) is 28.7 Å². The minimum Gasteiger partial charge on any atom is -0.454 e. The maximum Gasteiger partial charge on any atom is 0.374 e. The zero-order chi connectivity index (χ0) is 15.6. The van der Waals surface area contributed by atoms with Gasteiger partial charge in [0, 0.05) is 10.9 Å². The van der Waals surface area contributed by atoms with Gasteiger partial charge in [0.25, 0.3) is 0 Å². The molecule has 5 heteroatoms. The van der Waals surface area contributed by atoms with Gasteiger partial charge >= 0.3 is 5.97 Å². The molecule has 0 radical (unpaired) electrons. The van der Waals surface area contributed by atoms with Gasteiger partial charge in [-0.15, -0.1) is 0 Å². The molecule has 3 rings (SSSR count). The van der Waals surface area contributed by atoms with E-state index in [0.717, 1.165) is 53.9 Å². The number of aryl methyl sites for hydroxylation is 1. The number of benzene rings is 1. The Kier molecular flexibility index (Phi) is 4.18. The molecule has 2 aromatic rings. The van der Waals surface area contributed by atoms with Crippen LogP contribution in [0, 0.1) is 6.92 Å². The van der Waals surface area contributed by atoms with E-state index in [1.807, 2.05) is 31.2 Å². The Bertz CT molecular complexity index is 670. The lowest BCUT2D eigenvalue weighted by Crippen LogP contribution is -2.53. The molecule has 0 spiro atoms. The molecule has 0 N–H and O–H groups in total. The summed E-state index contributed by atoms with van der Waals surface area (Å²) < 4.78 is 17.3. The van der Waals surface area contributed by atoms with Gasteiger partial charge in [0.15, 0.2) is 0 Å². The zero-order valence-electron chi connectivity index (χ0n) is 13.1. The lowest BCUT2D eigenvalue weighted by atomic mass is 10.1. The number of furan rings is 1. The Morgan fingerprint density at radius 2 is 2.00 bits per heavy atom. The van der Waals surface area contributed by atoms with Crippen LogP contribution in [-0.4, -0.2) is 57.0 Å². The second-order valence-corrected chi connectivity index (χ2v) is 6.09. The van der Waals surface area contributed by atoms with E-state index in [-0.39, 0.29) is 5.97 Å². The van der Waals surface area contributed by atoms with Crippen LogP contribution in [0.4, 0.5) is 0 Å². The van der Waals surface area contributed by atoms with Crippen molar-refractivity contribution in [3.8, 4) is 0 Å². The Labute approximate surface area is 130 Å². The third-order valence-electron chi connectivity index (χ3n) is 4.44. The van der Waals surface area contributed by atoms with Gasteiger partial charge in [0.05, 0.1) is 20.3 Å². The van der Waals surface area contributed by atoms with Crippen LogP contribution < -0.4 is 0 Å². The largest absolute Gasteiger partial charge is 0.454 e. The van der Waals surface area contributed by atoms with Crippen molar-refractivity contribution >= 4 is 16.9 Å². The molecular weight excluding hydrogens is 282 g/mol. The highest BCUT2D eigenvalue weighted by Crippen LogP contribution is 2.25. The highest BCUT2D eigenvalue weighted by atomic mass is 16.5. The summed E-state index contributed by atoms with van der Waals surface area (Å²) in [6, 6.07) is 7.64. The van der Waals surface area contributed by atoms with Gasteiger partial charge in [0.2, 0.25) is 5.76 Å². The van der Waals surface area contributed by atoms with Crippen molar-refractivity contribution in [3.63, 3.8) is 0 Å². The van der Waals surface area contributed by atoms with E-state index in [1.165, 1.54) is 0 Å². The third-order valence-corrected chi connectivity index (χ3v) is 4.44. The van der Waals surface area contributed by atoms with Crippen molar-refractivity contribution in [1.29, 1.82) is 0 Å². The molecule has 2 heterocycles. The summed E-state index contributed by atoms with van der Waals surface area (Å²) >= 11 is 0. The van der Waals surface area contributed by atoms with Crippen molar-refractivity contribution < 1.29 is 23.2 Å². The molecule has 1 aromatic heterocycles. The Balaban J connectivity index is 1.62. The summed E-state index contributed by atoms with van der Waals surface area (Å²) in [6.45, 7) is 6.54. The number of ether oxygens (including phenoxy) is 2. The van der Waals surface area contributed by atoms with E-state index in [1.54, 1.807) is 0 Å². The number of fused-ring (bicyclic) bond motifs is 1. The summed E-state index contributed by atoms with van der Waals surface area (Å²) in [5.74, 6) is -0.0700. The average Bonchev–Trinajstić information content (AvgIpc) is 2.85. The lowest BCUT2D eigenvalue weighted by molar-refractivity contribution is -0.917. The first-order valence-electron chi connectivity index (χ1n) is 7.66. The minimum absolute atomic E-state index is 0.311. The number of carbonyl (C=O) groups is 1. The molecule has 1 aliphatic rings. The van der Waals surface area contributed by atoms with E-state index in [9.17, 15) is 4.79 Å². The van der Waals surface area contributed by atoms with Gasteiger partial charge in [-0.2, -0.15) is 0 Å². The molecule has 0 unspecified atom stereocenters. The Hall–Kier alpha value is -1.85. The van der Waals surface area contributed by atoms with Crippen molar-refractivity contribution in [3.05, 3.63) is 35.6 Å². The molecule has 0 atom stereocenters. The summed E-state index contributed by atoms with van der Waals surface area (Å²) in [5, 5.41) is 0.960. The second kappa shape index (κ2) is 6.10. The summed E-state index contributed by atoms with van der Waals surface area (Å²) in [5.41, 5.74) is 1.56.